The maximum absolute atomic E-state index is 13.3. The van der Waals surface area contributed by atoms with Crippen molar-refractivity contribution in [3.63, 3.8) is 0 Å². The van der Waals surface area contributed by atoms with Gasteiger partial charge in [-0.25, -0.2) is 0 Å². The summed E-state index contributed by atoms with van der Waals surface area (Å²) in [5.74, 6) is -0.0919. The van der Waals surface area contributed by atoms with Gasteiger partial charge < -0.3 is 9.32 Å². The first-order valence-electron chi connectivity index (χ1n) is 9.49. The number of rotatable bonds is 3. The van der Waals surface area contributed by atoms with Crippen molar-refractivity contribution in [3.05, 3.63) is 70.2 Å². The molecule has 3 heterocycles. The Labute approximate surface area is 164 Å². The second-order valence-corrected chi connectivity index (χ2v) is 8.75. The Morgan fingerprint density at radius 2 is 1.75 bits per heavy atom. The van der Waals surface area contributed by atoms with Crippen molar-refractivity contribution >= 4 is 5.91 Å². The molecule has 0 N–H and O–H groups in total. The van der Waals surface area contributed by atoms with Crippen molar-refractivity contribution in [2.24, 2.45) is 5.41 Å². The SMILES string of the molecule is CN1C(=O)C2[C@@H](c3ccccc3)[C@H]([N+](=O)[O-])[C@@H](c3ccco3)N2C1C(C)(C)C. The normalized spacial score (nSPS) is 30.6. The standard InChI is InChI=1S/C21H25N3O4/c1-21(2,3)20-22(4)19(25)18-15(13-9-6-5-7-10-13)17(24(26)27)16(23(18)20)14-11-8-12-28-14/h5-12,15-18,20H,1-4H3/t15-,16+,17-,18?,20?/m0/s1. The average Bonchev–Trinajstić information content (AvgIpc) is 3.31. The van der Waals surface area contributed by atoms with E-state index in [0.29, 0.717) is 5.76 Å². The first-order chi connectivity index (χ1) is 13.2. The molecule has 2 aliphatic heterocycles. The molecule has 148 valence electrons. The zero-order chi connectivity index (χ0) is 20.2. The van der Waals surface area contributed by atoms with Crippen LogP contribution < -0.4 is 0 Å². The maximum Gasteiger partial charge on any atom is 0.244 e. The number of likely N-dealkylation sites (N-methyl/N-ethyl adjacent to an activating group) is 1. The van der Waals surface area contributed by atoms with Gasteiger partial charge in [-0.15, -0.1) is 0 Å². The number of carbonyl (C=O) groups excluding carboxylic acids is 1. The number of fused-ring (bicyclic) bond motifs is 1. The molecule has 2 fully saturated rings. The molecule has 4 rings (SSSR count). The number of nitrogens with zero attached hydrogens (tertiary/aromatic N) is 3. The molecule has 2 saturated heterocycles. The minimum Gasteiger partial charge on any atom is -0.467 e. The second-order valence-electron chi connectivity index (χ2n) is 8.75. The van der Waals surface area contributed by atoms with E-state index < -0.39 is 24.0 Å². The first kappa shape index (κ1) is 18.7. The van der Waals surface area contributed by atoms with Gasteiger partial charge in [-0.05, 0) is 23.1 Å². The summed E-state index contributed by atoms with van der Waals surface area (Å²) in [6, 6.07) is 10.7. The fourth-order valence-electron chi connectivity index (χ4n) is 5.14. The van der Waals surface area contributed by atoms with Gasteiger partial charge in [0, 0.05) is 12.0 Å². The van der Waals surface area contributed by atoms with Crippen molar-refractivity contribution in [2.45, 2.75) is 51.0 Å². The molecule has 28 heavy (non-hydrogen) atoms. The quantitative estimate of drug-likeness (QED) is 0.600. The largest absolute Gasteiger partial charge is 0.467 e. The van der Waals surface area contributed by atoms with Crippen LogP contribution >= 0.6 is 0 Å². The highest BCUT2D eigenvalue weighted by molar-refractivity contribution is 5.86. The summed E-state index contributed by atoms with van der Waals surface area (Å²) in [5.41, 5.74) is 0.529. The van der Waals surface area contributed by atoms with E-state index in [0.717, 1.165) is 5.56 Å². The topological polar surface area (TPSA) is 79.8 Å². The van der Waals surface area contributed by atoms with E-state index in [2.05, 4.69) is 20.8 Å². The lowest BCUT2D eigenvalue weighted by Crippen LogP contribution is -2.49. The van der Waals surface area contributed by atoms with Crippen LogP contribution in [-0.4, -0.2) is 45.9 Å². The van der Waals surface area contributed by atoms with E-state index in [4.69, 9.17) is 4.42 Å². The Hall–Kier alpha value is -2.67. The van der Waals surface area contributed by atoms with Crippen LogP contribution in [-0.2, 0) is 4.79 Å². The van der Waals surface area contributed by atoms with E-state index in [9.17, 15) is 14.9 Å². The van der Waals surface area contributed by atoms with Crippen molar-refractivity contribution < 1.29 is 14.1 Å². The lowest BCUT2D eigenvalue weighted by Gasteiger charge is -2.39. The molecule has 1 aromatic carbocycles. The predicted octanol–water partition coefficient (Wildman–Crippen LogP) is 3.28. The summed E-state index contributed by atoms with van der Waals surface area (Å²) in [5, 5.41) is 12.3. The van der Waals surface area contributed by atoms with Crippen molar-refractivity contribution in [2.75, 3.05) is 7.05 Å². The molecule has 0 aliphatic carbocycles. The van der Waals surface area contributed by atoms with Crippen LogP contribution in [0.4, 0.5) is 0 Å². The molecular formula is C21H25N3O4. The zero-order valence-electron chi connectivity index (χ0n) is 16.5. The highest BCUT2D eigenvalue weighted by Gasteiger charge is 2.67. The van der Waals surface area contributed by atoms with Crippen LogP contribution in [0.25, 0.3) is 0 Å². The molecule has 1 amide bonds. The molecule has 2 unspecified atom stereocenters. The first-order valence-corrected chi connectivity index (χ1v) is 9.49. The molecule has 2 aromatic rings. The van der Waals surface area contributed by atoms with Gasteiger partial charge in [0.1, 0.15) is 17.8 Å². The molecule has 2 aliphatic rings. The Kier molecular flexibility index (Phi) is 4.30. The maximum atomic E-state index is 13.3. The van der Waals surface area contributed by atoms with Gasteiger partial charge >= 0.3 is 0 Å². The summed E-state index contributed by atoms with van der Waals surface area (Å²) in [6.45, 7) is 6.17. The van der Waals surface area contributed by atoms with Crippen molar-refractivity contribution in [3.8, 4) is 0 Å². The minimum atomic E-state index is -0.971. The summed E-state index contributed by atoms with van der Waals surface area (Å²) in [4.78, 5) is 29.1. The monoisotopic (exact) mass is 383 g/mol. The summed E-state index contributed by atoms with van der Waals surface area (Å²) in [7, 11) is 1.79. The third kappa shape index (κ3) is 2.64. The molecule has 0 saturated carbocycles. The highest BCUT2D eigenvalue weighted by atomic mass is 16.6. The van der Waals surface area contributed by atoms with Crippen molar-refractivity contribution in [1.82, 2.24) is 9.80 Å². The molecular weight excluding hydrogens is 358 g/mol. The van der Waals surface area contributed by atoms with Crippen LogP contribution in [0.1, 0.15) is 44.1 Å². The van der Waals surface area contributed by atoms with E-state index in [-0.39, 0.29) is 22.4 Å². The molecule has 1 aromatic heterocycles. The van der Waals surface area contributed by atoms with E-state index in [1.54, 1.807) is 24.1 Å². The van der Waals surface area contributed by atoms with Crippen LogP contribution in [0.2, 0.25) is 0 Å². The molecule has 0 bridgehead atoms. The predicted molar refractivity (Wildman–Crippen MR) is 103 cm³/mol. The van der Waals surface area contributed by atoms with Crippen LogP contribution in [0, 0.1) is 15.5 Å². The fraction of sp³-hybridized carbons (Fsp3) is 0.476. The van der Waals surface area contributed by atoms with Crippen molar-refractivity contribution in [1.29, 1.82) is 0 Å². The summed E-state index contributed by atoms with van der Waals surface area (Å²) in [6.07, 6.45) is 1.27. The third-order valence-corrected chi connectivity index (χ3v) is 5.96. The number of furan rings is 1. The highest BCUT2D eigenvalue weighted by Crippen LogP contribution is 2.53. The van der Waals surface area contributed by atoms with Gasteiger partial charge in [-0.3, -0.25) is 19.8 Å². The molecule has 0 spiro atoms. The van der Waals surface area contributed by atoms with Gasteiger partial charge in [0.15, 0.2) is 0 Å². The van der Waals surface area contributed by atoms with Crippen LogP contribution in [0.3, 0.4) is 0 Å². The molecule has 7 nitrogen and oxygen atoms in total. The number of nitro groups is 1. The fourth-order valence-corrected chi connectivity index (χ4v) is 5.14. The third-order valence-electron chi connectivity index (χ3n) is 5.96. The minimum absolute atomic E-state index is 0.0744. The zero-order valence-corrected chi connectivity index (χ0v) is 16.5. The number of hydrogen-bond donors (Lipinski definition) is 0. The Balaban J connectivity index is 1.94. The van der Waals surface area contributed by atoms with Gasteiger partial charge in [-0.1, -0.05) is 51.1 Å². The van der Waals surface area contributed by atoms with E-state index in [1.165, 1.54) is 6.26 Å². The summed E-state index contributed by atoms with van der Waals surface area (Å²) >= 11 is 0. The van der Waals surface area contributed by atoms with Crippen LogP contribution in [0.5, 0.6) is 0 Å². The van der Waals surface area contributed by atoms with Gasteiger partial charge in [0.05, 0.1) is 18.3 Å². The average molecular weight is 383 g/mol. The lowest BCUT2D eigenvalue weighted by molar-refractivity contribution is -0.530. The summed E-state index contributed by atoms with van der Waals surface area (Å²) < 4.78 is 5.65. The Bertz CT molecular complexity index is 875. The van der Waals surface area contributed by atoms with Gasteiger partial charge in [-0.2, -0.15) is 0 Å². The smallest absolute Gasteiger partial charge is 0.244 e. The number of benzene rings is 1. The lowest BCUT2D eigenvalue weighted by atomic mass is 9.86. The second kappa shape index (κ2) is 6.44. The Morgan fingerprint density at radius 3 is 2.29 bits per heavy atom. The molecule has 0 radical (unpaired) electrons. The van der Waals surface area contributed by atoms with Gasteiger partial charge in [0.2, 0.25) is 11.9 Å². The van der Waals surface area contributed by atoms with E-state index in [1.807, 2.05) is 35.2 Å². The van der Waals surface area contributed by atoms with Crippen LogP contribution in [0.15, 0.2) is 53.1 Å². The van der Waals surface area contributed by atoms with E-state index >= 15 is 0 Å². The molecule has 7 heteroatoms. The number of carbonyl (C=O) groups is 1. The van der Waals surface area contributed by atoms with Gasteiger partial charge in [0.25, 0.3) is 0 Å². The molecule has 5 atom stereocenters. The number of amides is 1. The Morgan fingerprint density at radius 1 is 1.07 bits per heavy atom. The number of hydrogen-bond acceptors (Lipinski definition) is 5.